The number of anilines is 2. The maximum Gasteiger partial charge on any atom is 0.267 e. The number of rotatable bonds is 3. The molecule has 0 bridgehead atoms. The lowest BCUT2D eigenvalue weighted by molar-refractivity contribution is 0.600. The van der Waals surface area contributed by atoms with Crippen LogP contribution >= 0.6 is 15.9 Å². The standard InChI is InChI=1S/C12H12BrN5O2S/c1-7-11(12(15)16-18(7)2)21(19,20)17-10-4-3-8(6-14)5-9(10)13/h3-5,17H,1-2H3,(H2,15,16). The molecule has 0 unspecified atom stereocenters. The zero-order valence-corrected chi connectivity index (χ0v) is 13.7. The summed E-state index contributed by atoms with van der Waals surface area (Å²) in [6.07, 6.45) is 0. The fourth-order valence-electron chi connectivity index (χ4n) is 1.81. The summed E-state index contributed by atoms with van der Waals surface area (Å²) in [6, 6.07) is 6.51. The van der Waals surface area contributed by atoms with Crippen LogP contribution in [0.5, 0.6) is 0 Å². The molecule has 0 aliphatic carbocycles. The highest BCUT2D eigenvalue weighted by molar-refractivity contribution is 9.10. The number of nitrogens with two attached hydrogens (primary N) is 1. The quantitative estimate of drug-likeness (QED) is 0.854. The summed E-state index contributed by atoms with van der Waals surface area (Å²) in [5.41, 5.74) is 6.83. The number of aromatic nitrogens is 2. The number of hydrogen-bond acceptors (Lipinski definition) is 5. The Morgan fingerprint density at radius 3 is 2.62 bits per heavy atom. The van der Waals surface area contributed by atoms with Crippen LogP contribution in [0, 0.1) is 18.3 Å². The van der Waals surface area contributed by atoms with E-state index in [1.807, 2.05) is 6.07 Å². The molecule has 110 valence electrons. The molecule has 0 saturated heterocycles. The topological polar surface area (TPSA) is 114 Å². The lowest BCUT2D eigenvalue weighted by Crippen LogP contribution is -2.15. The van der Waals surface area contributed by atoms with Gasteiger partial charge in [0.1, 0.15) is 0 Å². The number of benzene rings is 1. The molecule has 3 N–H and O–H groups in total. The average Bonchev–Trinajstić information content (AvgIpc) is 2.66. The molecule has 9 heteroatoms. The zero-order chi connectivity index (χ0) is 15.8. The van der Waals surface area contributed by atoms with Crippen LogP contribution < -0.4 is 10.5 Å². The summed E-state index contributed by atoms with van der Waals surface area (Å²) in [5, 5.41) is 12.7. The van der Waals surface area contributed by atoms with E-state index < -0.39 is 10.0 Å². The number of nitriles is 1. The number of nitrogens with one attached hydrogen (secondary N) is 1. The molecule has 0 aliphatic heterocycles. The van der Waals surface area contributed by atoms with Crippen LogP contribution in [0.2, 0.25) is 0 Å². The number of halogens is 1. The van der Waals surface area contributed by atoms with Gasteiger partial charge < -0.3 is 5.73 Å². The molecular weight excluding hydrogens is 358 g/mol. The van der Waals surface area contributed by atoms with E-state index in [-0.39, 0.29) is 10.7 Å². The zero-order valence-electron chi connectivity index (χ0n) is 11.3. The predicted octanol–water partition coefficient (Wildman–Crippen LogP) is 1.75. The first-order valence-electron chi connectivity index (χ1n) is 5.78. The lowest BCUT2D eigenvalue weighted by Gasteiger charge is -2.10. The van der Waals surface area contributed by atoms with E-state index in [1.54, 1.807) is 14.0 Å². The highest BCUT2D eigenvalue weighted by Gasteiger charge is 2.25. The fourth-order valence-corrected chi connectivity index (χ4v) is 3.83. The Labute approximate surface area is 130 Å². The number of nitrogens with zero attached hydrogens (tertiary/aromatic N) is 3. The molecule has 0 fully saturated rings. The largest absolute Gasteiger partial charge is 0.381 e. The van der Waals surface area contributed by atoms with E-state index in [0.29, 0.717) is 21.4 Å². The second-order valence-electron chi connectivity index (χ2n) is 4.34. The van der Waals surface area contributed by atoms with Crippen LogP contribution in [0.4, 0.5) is 11.5 Å². The van der Waals surface area contributed by atoms with Gasteiger partial charge in [-0.05, 0) is 41.1 Å². The van der Waals surface area contributed by atoms with Gasteiger partial charge >= 0.3 is 0 Å². The lowest BCUT2D eigenvalue weighted by atomic mass is 10.2. The average molecular weight is 370 g/mol. The van der Waals surface area contributed by atoms with Gasteiger partial charge in [-0.25, -0.2) is 8.42 Å². The minimum atomic E-state index is -3.87. The molecule has 0 aliphatic rings. The van der Waals surface area contributed by atoms with Crippen molar-refractivity contribution < 1.29 is 8.42 Å². The van der Waals surface area contributed by atoms with Gasteiger partial charge in [-0.3, -0.25) is 9.40 Å². The summed E-state index contributed by atoms with van der Waals surface area (Å²) in [4.78, 5) is -0.0544. The third-order valence-corrected chi connectivity index (χ3v) is 5.10. The third kappa shape index (κ3) is 2.86. The normalized spacial score (nSPS) is 11.1. The van der Waals surface area contributed by atoms with Crippen LogP contribution in [-0.2, 0) is 17.1 Å². The van der Waals surface area contributed by atoms with E-state index in [9.17, 15) is 8.42 Å². The summed E-state index contributed by atoms with van der Waals surface area (Å²) >= 11 is 3.23. The number of aryl methyl sites for hydroxylation is 1. The fraction of sp³-hybridized carbons (Fsp3) is 0.167. The molecule has 0 saturated carbocycles. The van der Waals surface area contributed by atoms with Crippen LogP contribution in [0.25, 0.3) is 0 Å². The van der Waals surface area contributed by atoms with Crippen molar-refractivity contribution in [3.63, 3.8) is 0 Å². The summed E-state index contributed by atoms with van der Waals surface area (Å²) in [5.74, 6) is -0.0627. The van der Waals surface area contributed by atoms with E-state index in [4.69, 9.17) is 11.0 Å². The van der Waals surface area contributed by atoms with Crippen molar-refractivity contribution in [1.82, 2.24) is 9.78 Å². The molecule has 0 atom stereocenters. The third-order valence-electron chi connectivity index (χ3n) is 2.92. The highest BCUT2D eigenvalue weighted by atomic mass is 79.9. The molecule has 0 spiro atoms. The van der Waals surface area contributed by atoms with Gasteiger partial charge in [0.25, 0.3) is 10.0 Å². The Morgan fingerprint density at radius 1 is 1.48 bits per heavy atom. The minimum Gasteiger partial charge on any atom is -0.381 e. The molecule has 2 rings (SSSR count). The SMILES string of the molecule is Cc1c(S(=O)(=O)Nc2ccc(C#N)cc2Br)c(N)nn1C. The number of nitrogen functional groups attached to an aromatic ring is 1. The van der Waals surface area contributed by atoms with Crippen LogP contribution in [0.3, 0.4) is 0 Å². The predicted molar refractivity (Wildman–Crippen MR) is 82.0 cm³/mol. The monoisotopic (exact) mass is 369 g/mol. The van der Waals surface area contributed by atoms with Gasteiger partial charge in [0.15, 0.2) is 10.7 Å². The Hall–Kier alpha value is -2.05. The van der Waals surface area contributed by atoms with Crippen LogP contribution in [0.15, 0.2) is 27.6 Å². The van der Waals surface area contributed by atoms with Crippen LogP contribution in [-0.4, -0.2) is 18.2 Å². The second-order valence-corrected chi connectivity index (χ2v) is 6.81. The van der Waals surface area contributed by atoms with Gasteiger partial charge in [0, 0.05) is 11.5 Å². The summed E-state index contributed by atoms with van der Waals surface area (Å²) in [6.45, 7) is 1.62. The van der Waals surface area contributed by atoms with Gasteiger partial charge in [-0.15, -0.1) is 0 Å². The molecule has 0 radical (unpaired) electrons. The molecule has 2 aromatic rings. The molecule has 21 heavy (non-hydrogen) atoms. The molecular formula is C12H12BrN5O2S. The molecule has 7 nitrogen and oxygen atoms in total. The number of hydrogen-bond donors (Lipinski definition) is 2. The Morgan fingerprint density at radius 2 is 2.14 bits per heavy atom. The van der Waals surface area contributed by atoms with Crippen molar-refractivity contribution >= 4 is 37.5 Å². The van der Waals surface area contributed by atoms with Gasteiger partial charge in [0.2, 0.25) is 0 Å². The van der Waals surface area contributed by atoms with Crippen molar-refractivity contribution in [1.29, 1.82) is 5.26 Å². The van der Waals surface area contributed by atoms with Crippen molar-refractivity contribution in [2.45, 2.75) is 11.8 Å². The Kier molecular flexibility index (Phi) is 3.93. The van der Waals surface area contributed by atoms with Crippen molar-refractivity contribution in [3.05, 3.63) is 33.9 Å². The first kappa shape index (κ1) is 15.3. The van der Waals surface area contributed by atoms with Crippen molar-refractivity contribution in [3.8, 4) is 6.07 Å². The summed E-state index contributed by atoms with van der Waals surface area (Å²) < 4.78 is 29.2. The maximum absolute atomic E-state index is 12.4. The summed E-state index contributed by atoms with van der Waals surface area (Å²) in [7, 11) is -2.25. The van der Waals surface area contributed by atoms with E-state index in [0.717, 1.165) is 0 Å². The Bertz CT molecular complexity index is 851. The van der Waals surface area contributed by atoms with E-state index in [2.05, 4.69) is 25.8 Å². The van der Waals surface area contributed by atoms with E-state index in [1.165, 1.54) is 22.9 Å². The van der Waals surface area contributed by atoms with Crippen molar-refractivity contribution in [2.24, 2.45) is 7.05 Å². The maximum atomic E-state index is 12.4. The first-order valence-corrected chi connectivity index (χ1v) is 8.05. The Balaban J connectivity index is 2.45. The van der Waals surface area contributed by atoms with Gasteiger partial charge in [0.05, 0.1) is 23.0 Å². The van der Waals surface area contributed by atoms with E-state index >= 15 is 0 Å². The molecule has 1 aromatic heterocycles. The smallest absolute Gasteiger partial charge is 0.267 e. The van der Waals surface area contributed by atoms with Crippen LogP contribution in [0.1, 0.15) is 11.3 Å². The van der Waals surface area contributed by atoms with Gasteiger partial charge in [-0.1, -0.05) is 0 Å². The molecule has 1 aromatic carbocycles. The number of sulfonamides is 1. The molecule has 1 heterocycles. The second kappa shape index (κ2) is 5.38. The first-order chi connectivity index (χ1) is 9.76. The highest BCUT2D eigenvalue weighted by Crippen LogP contribution is 2.28. The van der Waals surface area contributed by atoms with Gasteiger partial charge in [-0.2, -0.15) is 10.4 Å². The van der Waals surface area contributed by atoms with Crippen molar-refractivity contribution in [2.75, 3.05) is 10.5 Å². The molecule has 0 amide bonds. The minimum absolute atomic E-state index is 0.0544.